The monoisotopic (exact) mass is 311 g/mol. The van der Waals surface area contributed by atoms with Crippen LogP contribution in [0.25, 0.3) is 0 Å². The number of hydrogen-bond donors (Lipinski definition) is 1. The molecule has 20 heavy (non-hydrogen) atoms. The van der Waals surface area contributed by atoms with Crippen LogP contribution in [0.5, 0.6) is 0 Å². The van der Waals surface area contributed by atoms with E-state index in [1.54, 1.807) is 31.2 Å². The van der Waals surface area contributed by atoms with E-state index in [0.717, 1.165) is 4.90 Å². The molecular formula is C14H14ClNO3S. The third-order valence-electron chi connectivity index (χ3n) is 2.59. The smallest absolute Gasteiger partial charge is 0.341 e. The van der Waals surface area contributed by atoms with Crippen molar-refractivity contribution in [1.82, 2.24) is 0 Å². The van der Waals surface area contributed by atoms with Crippen molar-refractivity contribution in [3.63, 3.8) is 0 Å². The molecule has 0 atom stereocenters. The van der Waals surface area contributed by atoms with E-state index in [1.807, 2.05) is 0 Å². The van der Waals surface area contributed by atoms with E-state index in [-0.39, 0.29) is 5.97 Å². The van der Waals surface area contributed by atoms with Crippen molar-refractivity contribution in [3.05, 3.63) is 46.9 Å². The van der Waals surface area contributed by atoms with Gasteiger partial charge in [0.25, 0.3) is 0 Å². The molecule has 2 N–H and O–H groups in total. The Morgan fingerprint density at radius 3 is 2.95 bits per heavy atom. The zero-order valence-corrected chi connectivity index (χ0v) is 12.5. The van der Waals surface area contributed by atoms with Crippen LogP contribution in [0.4, 0.5) is 5.69 Å². The second-order valence-corrected chi connectivity index (χ2v) is 5.32. The summed E-state index contributed by atoms with van der Waals surface area (Å²) in [7, 11) is 0. The Hall–Kier alpha value is -1.59. The molecule has 0 amide bonds. The van der Waals surface area contributed by atoms with Gasteiger partial charge in [0.05, 0.1) is 23.6 Å². The molecule has 0 aliphatic carbocycles. The largest absolute Gasteiger partial charge is 0.468 e. The maximum Gasteiger partial charge on any atom is 0.341 e. The van der Waals surface area contributed by atoms with Crippen molar-refractivity contribution in [2.45, 2.75) is 17.6 Å². The lowest BCUT2D eigenvalue weighted by atomic mass is 10.3. The average molecular weight is 312 g/mol. The molecule has 0 aliphatic rings. The van der Waals surface area contributed by atoms with Crippen molar-refractivity contribution in [2.75, 3.05) is 12.3 Å². The molecule has 0 bridgehead atoms. The molecule has 2 aromatic rings. The molecule has 0 unspecified atom stereocenters. The number of furan rings is 1. The lowest BCUT2D eigenvalue weighted by Gasteiger charge is -2.07. The molecule has 1 aromatic heterocycles. The van der Waals surface area contributed by atoms with Crippen LogP contribution in [-0.2, 0) is 10.5 Å². The van der Waals surface area contributed by atoms with Gasteiger partial charge in [-0.2, -0.15) is 0 Å². The van der Waals surface area contributed by atoms with Crippen molar-refractivity contribution < 1.29 is 13.9 Å². The number of nitrogen functional groups attached to an aromatic ring is 1. The number of benzene rings is 1. The van der Waals surface area contributed by atoms with Crippen LogP contribution in [0.2, 0.25) is 5.02 Å². The average Bonchev–Trinajstić information content (AvgIpc) is 2.87. The minimum absolute atomic E-state index is 0.327. The number of ether oxygens (including phenoxy) is 1. The van der Waals surface area contributed by atoms with E-state index >= 15 is 0 Å². The zero-order valence-electron chi connectivity index (χ0n) is 10.9. The van der Waals surface area contributed by atoms with E-state index in [0.29, 0.717) is 34.4 Å². The summed E-state index contributed by atoms with van der Waals surface area (Å²) in [6, 6.07) is 6.94. The van der Waals surface area contributed by atoms with Crippen molar-refractivity contribution in [3.8, 4) is 0 Å². The summed E-state index contributed by atoms with van der Waals surface area (Å²) in [4.78, 5) is 12.5. The molecule has 0 saturated heterocycles. The van der Waals surface area contributed by atoms with E-state index in [2.05, 4.69) is 0 Å². The molecule has 1 aromatic carbocycles. The Bertz CT molecular complexity index is 592. The second-order valence-electron chi connectivity index (χ2n) is 3.92. The number of carbonyl (C=O) groups excluding carboxylic acids is 1. The second kappa shape index (κ2) is 6.72. The van der Waals surface area contributed by atoms with Gasteiger partial charge in [-0.1, -0.05) is 17.7 Å². The highest BCUT2D eigenvalue weighted by molar-refractivity contribution is 7.98. The van der Waals surface area contributed by atoms with Gasteiger partial charge in [-0.3, -0.25) is 0 Å². The predicted octanol–water partition coefficient (Wildman–Crippen LogP) is 3.98. The number of anilines is 1. The molecule has 1 heterocycles. The Labute approximate surface area is 126 Å². The Morgan fingerprint density at radius 1 is 1.45 bits per heavy atom. The lowest BCUT2D eigenvalue weighted by molar-refractivity contribution is 0.0524. The molecule has 0 spiro atoms. The third kappa shape index (κ3) is 3.29. The fourth-order valence-electron chi connectivity index (χ4n) is 1.66. The van der Waals surface area contributed by atoms with Gasteiger partial charge in [0.2, 0.25) is 0 Å². The Morgan fingerprint density at radius 2 is 2.25 bits per heavy atom. The van der Waals surface area contributed by atoms with Gasteiger partial charge < -0.3 is 14.9 Å². The van der Waals surface area contributed by atoms with E-state index in [9.17, 15) is 4.79 Å². The maximum atomic E-state index is 11.7. The van der Waals surface area contributed by atoms with E-state index < -0.39 is 0 Å². The number of nitrogens with two attached hydrogens (primary N) is 1. The molecule has 0 saturated carbocycles. The zero-order chi connectivity index (χ0) is 14.5. The predicted molar refractivity (Wildman–Crippen MR) is 80.1 cm³/mol. The minimum Gasteiger partial charge on any atom is -0.468 e. The van der Waals surface area contributed by atoms with Crippen LogP contribution in [0.15, 0.2) is 39.8 Å². The van der Waals surface area contributed by atoms with Gasteiger partial charge in [-0.25, -0.2) is 4.79 Å². The molecule has 4 nitrogen and oxygen atoms in total. The number of rotatable bonds is 5. The fourth-order valence-corrected chi connectivity index (χ4v) is 2.94. The Balaban J connectivity index is 2.12. The van der Waals surface area contributed by atoms with Crippen molar-refractivity contribution in [1.29, 1.82) is 0 Å². The minimum atomic E-state index is -0.385. The highest BCUT2D eigenvalue weighted by Crippen LogP contribution is 2.35. The highest BCUT2D eigenvalue weighted by Gasteiger charge is 2.16. The molecule has 0 aliphatic heterocycles. The summed E-state index contributed by atoms with van der Waals surface area (Å²) >= 11 is 7.52. The van der Waals surface area contributed by atoms with Gasteiger partial charge >= 0.3 is 5.97 Å². The summed E-state index contributed by atoms with van der Waals surface area (Å²) in [6.45, 7) is 2.09. The molecule has 106 valence electrons. The number of halogens is 1. The first-order valence-electron chi connectivity index (χ1n) is 6.03. The van der Waals surface area contributed by atoms with E-state index in [4.69, 9.17) is 26.5 Å². The number of carbonyl (C=O) groups is 1. The van der Waals surface area contributed by atoms with Crippen molar-refractivity contribution in [2.24, 2.45) is 0 Å². The summed E-state index contributed by atoms with van der Waals surface area (Å²) in [6.07, 6.45) is 1.47. The SMILES string of the molecule is CCOC(=O)c1ccoc1CSc1c(N)cccc1Cl. The van der Waals surface area contributed by atoms with Gasteiger partial charge in [-0.05, 0) is 25.1 Å². The third-order valence-corrected chi connectivity index (χ3v) is 4.16. The summed E-state index contributed by atoms with van der Waals surface area (Å²) in [5.74, 6) is 0.617. The highest BCUT2D eigenvalue weighted by atomic mass is 35.5. The van der Waals surface area contributed by atoms with Crippen LogP contribution in [0.3, 0.4) is 0 Å². The first kappa shape index (κ1) is 14.8. The number of thioether (sulfide) groups is 1. The van der Waals surface area contributed by atoms with Crippen LogP contribution in [0.1, 0.15) is 23.0 Å². The molecule has 0 fully saturated rings. The van der Waals surface area contributed by atoms with E-state index in [1.165, 1.54) is 18.0 Å². The standard InChI is InChI=1S/C14H14ClNO3S/c1-2-18-14(17)9-6-7-19-12(9)8-20-13-10(15)4-3-5-11(13)16/h3-7H,2,8,16H2,1H3. The maximum absolute atomic E-state index is 11.7. The molecule has 2 rings (SSSR count). The molecule has 6 heteroatoms. The first-order chi connectivity index (χ1) is 9.63. The lowest BCUT2D eigenvalue weighted by Crippen LogP contribution is -2.05. The topological polar surface area (TPSA) is 65.5 Å². The normalized spacial score (nSPS) is 10.5. The fraction of sp³-hybridized carbons (Fsp3) is 0.214. The van der Waals surface area contributed by atoms with Crippen LogP contribution < -0.4 is 5.73 Å². The molecule has 0 radical (unpaired) electrons. The first-order valence-corrected chi connectivity index (χ1v) is 7.40. The number of hydrogen-bond acceptors (Lipinski definition) is 5. The summed E-state index contributed by atoms with van der Waals surface area (Å²) < 4.78 is 10.3. The summed E-state index contributed by atoms with van der Waals surface area (Å²) in [5.41, 5.74) is 6.92. The van der Waals surface area contributed by atoms with Crippen LogP contribution in [-0.4, -0.2) is 12.6 Å². The number of esters is 1. The van der Waals surface area contributed by atoms with Crippen molar-refractivity contribution >= 4 is 35.0 Å². The van der Waals surface area contributed by atoms with Crippen LogP contribution >= 0.6 is 23.4 Å². The Kier molecular flexibility index (Phi) is 4.98. The van der Waals surface area contributed by atoms with Gasteiger partial charge in [0.15, 0.2) is 0 Å². The summed E-state index contributed by atoms with van der Waals surface area (Å²) in [5, 5.41) is 0.583. The van der Waals surface area contributed by atoms with Gasteiger partial charge in [0.1, 0.15) is 11.3 Å². The quantitative estimate of drug-likeness (QED) is 0.514. The van der Waals surface area contributed by atoms with Gasteiger partial charge in [0, 0.05) is 10.6 Å². The van der Waals surface area contributed by atoms with Gasteiger partial charge in [-0.15, -0.1) is 11.8 Å². The van der Waals surface area contributed by atoms with Crippen LogP contribution in [0, 0.1) is 0 Å². The molecular weight excluding hydrogens is 298 g/mol.